The molecule has 1 amide bonds. The summed E-state index contributed by atoms with van der Waals surface area (Å²) < 4.78 is 0. The second-order valence-corrected chi connectivity index (χ2v) is 6.12. The molecule has 4 nitrogen and oxygen atoms in total. The third-order valence-corrected chi connectivity index (χ3v) is 4.67. The molecule has 2 heterocycles. The van der Waals surface area contributed by atoms with Gasteiger partial charge in [0.05, 0.1) is 10.7 Å². The van der Waals surface area contributed by atoms with Crippen molar-refractivity contribution in [2.75, 3.05) is 19.6 Å². The number of piperidine rings is 1. The van der Waals surface area contributed by atoms with Gasteiger partial charge in [0.15, 0.2) is 0 Å². The first-order valence-electron chi connectivity index (χ1n) is 6.57. The Labute approximate surface area is 112 Å². The van der Waals surface area contributed by atoms with Crippen molar-refractivity contribution in [3.63, 3.8) is 0 Å². The molecule has 1 aliphatic rings. The number of carbonyl (C=O) groups excluding carboxylic acids is 1. The average molecular weight is 267 g/mol. The van der Waals surface area contributed by atoms with Gasteiger partial charge >= 0.3 is 0 Å². The van der Waals surface area contributed by atoms with Crippen molar-refractivity contribution in [3.8, 4) is 0 Å². The van der Waals surface area contributed by atoms with Crippen LogP contribution in [0.15, 0.2) is 0 Å². The first-order valence-corrected chi connectivity index (χ1v) is 7.39. The van der Waals surface area contributed by atoms with Crippen LogP contribution in [0.1, 0.15) is 40.1 Å². The molecule has 1 aliphatic heterocycles. The number of aryl methyl sites for hydroxylation is 1. The minimum absolute atomic E-state index is 0.153. The van der Waals surface area contributed by atoms with E-state index in [0.29, 0.717) is 6.54 Å². The molecule has 100 valence electrons. The van der Waals surface area contributed by atoms with Crippen molar-refractivity contribution in [2.24, 2.45) is 11.7 Å². The van der Waals surface area contributed by atoms with E-state index in [4.69, 9.17) is 5.73 Å². The number of amides is 1. The van der Waals surface area contributed by atoms with Crippen LogP contribution in [0.3, 0.4) is 0 Å². The van der Waals surface area contributed by atoms with E-state index < -0.39 is 0 Å². The van der Waals surface area contributed by atoms with Crippen LogP contribution in [-0.2, 0) is 6.42 Å². The lowest BCUT2D eigenvalue weighted by molar-refractivity contribution is 0.0701. The van der Waals surface area contributed by atoms with Gasteiger partial charge in [0.25, 0.3) is 5.91 Å². The van der Waals surface area contributed by atoms with Crippen molar-refractivity contribution in [1.82, 2.24) is 9.88 Å². The van der Waals surface area contributed by atoms with Crippen LogP contribution < -0.4 is 5.73 Å². The standard InChI is InChI=1S/C13H21N3OS/c1-9-4-7-16(8-5-9)13(17)12-10(2)15-11(18-12)3-6-14/h9H,3-8,14H2,1-2H3. The number of rotatable bonds is 3. The third kappa shape index (κ3) is 2.90. The van der Waals surface area contributed by atoms with Crippen molar-refractivity contribution < 1.29 is 4.79 Å². The molecule has 0 unspecified atom stereocenters. The van der Waals surface area contributed by atoms with E-state index in [1.165, 1.54) is 11.3 Å². The lowest BCUT2D eigenvalue weighted by atomic mass is 9.99. The van der Waals surface area contributed by atoms with E-state index in [9.17, 15) is 4.79 Å². The highest BCUT2D eigenvalue weighted by Crippen LogP contribution is 2.23. The average Bonchev–Trinajstić information content (AvgIpc) is 2.71. The SMILES string of the molecule is Cc1nc(CCN)sc1C(=O)N1CCC(C)CC1. The Morgan fingerprint density at radius 3 is 2.78 bits per heavy atom. The summed E-state index contributed by atoms with van der Waals surface area (Å²) in [4.78, 5) is 19.6. The minimum Gasteiger partial charge on any atom is -0.338 e. The molecule has 5 heteroatoms. The van der Waals surface area contributed by atoms with Gasteiger partial charge in [-0.1, -0.05) is 6.92 Å². The molecule has 0 radical (unpaired) electrons. The molecule has 2 N–H and O–H groups in total. The fourth-order valence-corrected chi connectivity index (χ4v) is 3.28. The normalized spacial score (nSPS) is 17.2. The van der Waals surface area contributed by atoms with Crippen LogP contribution in [0.25, 0.3) is 0 Å². The van der Waals surface area contributed by atoms with E-state index in [1.54, 1.807) is 0 Å². The summed E-state index contributed by atoms with van der Waals surface area (Å²) in [6.07, 6.45) is 2.98. The number of aromatic nitrogens is 1. The monoisotopic (exact) mass is 267 g/mol. The van der Waals surface area contributed by atoms with Crippen molar-refractivity contribution in [3.05, 3.63) is 15.6 Å². The minimum atomic E-state index is 0.153. The highest BCUT2D eigenvalue weighted by Gasteiger charge is 2.24. The van der Waals surface area contributed by atoms with Gasteiger partial charge in [-0.25, -0.2) is 4.98 Å². The molecule has 1 saturated heterocycles. The summed E-state index contributed by atoms with van der Waals surface area (Å²) in [6.45, 7) is 6.50. The molecule has 0 saturated carbocycles. The number of nitrogens with zero attached hydrogens (tertiary/aromatic N) is 2. The lowest BCUT2D eigenvalue weighted by Crippen LogP contribution is -2.37. The number of hydrogen-bond acceptors (Lipinski definition) is 4. The molecule has 0 atom stereocenters. The van der Waals surface area contributed by atoms with Gasteiger partial charge < -0.3 is 10.6 Å². The van der Waals surface area contributed by atoms with Crippen LogP contribution in [0, 0.1) is 12.8 Å². The molecule has 18 heavy (non-hydrogen) atoms. The number of carbonyl (C=O) groups is 1. The second kappa shape index (κ2) is 5.80. The predicted molar refractivity (Wildman–Crippen MR) is 73.9 cm³/mol. The molecule has 1 fully saturated rings. The second-order valence-electron chi connectivity index (χ2n) is 5.04. The predicted octanol–water partition coefficient (Wildman–Crippen LogP) is 1.82. The van der Waals surface area contributed by atoms with Gasteiger partial charge in [-0.2, -0.15) is 0 Å². The van der Waals surface area contributed by atoms with Crippen LogP contribution in [0.2, 0.25) is 0 Å². The number of likely N-dealkylation sites (tertiary alicyclic amines) is 1. The third-order valence-electron chi connectivity index (χ3n) is 3.46. The summed E-state index contributed by atoms with van der Waals surface area (Å²) in [5.41, 5.74) is 6.38. The Balaban J connectivity index is 2.08. The van der Waals surface area contributed by atoms with E-state index in [2.05, 4.69) is 11.9 Å². The number of nitrogens with two attached hydrogens (primary N) is 1. The van der Waals surface area contributed by atoms with E-state index in [-0.39, 0.29) is 5.91 Å². The Bertz CT molecular complexity index is 422. The summed E-state index contributed by atoms with van der Waals surface area (Å²) in [5, 5.41) is 0.976. The van der Waals surface area contributed by atoms with E-state index in [0.717, 1.165) is 53.8 Å². The summed E-state index contributed by atoms with van der Waals surface area (Å²) in [6, 6.07) is 0. The van der Waals surface area contributed by atoms with Crippen LogP contribution in [0.4, 0.5) is 0 Å². The molecule has 0 spiro atoms. The molecule has 2 rings (SSSR count). The smallest absolute Gasteiger partial charge is 0.265 e. The zero-order valence-electron chi connectivity index (χ0n) is 11.1. The zero-order chi connectivity index (χ0) is 13.1. The molecule has 0 aliphatic carbocycles. The summed E-state index contributed by atoms with van der Waals surface area (Å²) in [7, 11) is 0. The number of hydrogen-bond donors (Lipinski definition) is 1. The van der Waals surface area contributed by atoms with Crippen molar-refractivity contribution >= 4 is 17.2 Å². The molecule has 1 aromatic heterocycles. The maximum Gasteiger partial charge on any atom is 0.265 e. The fourth-order valence-electron chi connectivity index (χ4n) is 2.24. The highest BCUT2D eigenvalue weighted by atomic mass is 32.1. The largest absolute Gasteiger partial charge is 0.338 e. The first-order chi connectivity index (χ1) is 8.61. The Morgan fingerprint density at radius 2 is 2.17 bits per heavy atom. The van der Waals surface area contributed by atoms with Crippen LogP contribution in [-0.4, -0.2) is 35.4 Å². The highest BCUT2D eigenvalue weighted by molar-refractivity contribution is 7.13. The Hall–Kier alpha value is -0.940. The Morgan fingerprint density at radius 1 is 1.50 bits per heavy atom. The van der Waals surface area contributed by atoms with E-state index in [1.807, 2.05) is 11.8 Å². The Kier molecular flexibility index (Phi) is 4.35. The molecular formula is C13H21N3OS. The van der Waals surface area contributed by atoms with Gasteiger partial charge in [-0.3, -0.25) is 4.79 Å². The maximum atomic E-state index is 12.4. The number of thiazole rings is 1. The van der Waals surface area contributed by atoms with Crippen molar-refractivity contribution in [2.45, 2.75) is 33.1 Å². The van der Waals surface area contributed by atoms with Gasteiger partial charge in [0.1, 0.15) is 4.88 Å². The maximum absolute atomic E-state index is 12.4. The van der Waals surface area contributed by atoms with Crippen LogP contribution in [0.5, 0.6) is 0 Å². The van der Waals surface area contributed by atoms with Gasteiger partial charge in [-0.15, -0.1) is 11.3 Å². The molecular weight excluding hydrogens is 246 g/mol. The fraction of sp³-hybridized carbons (Fsp3) is 0.692. The quantitative estimate of drug-likeness (QED) is 0.909. The van der Waals surface area contributed by atoms with E-state index >= 15 is 0 Å². The molecule has 1 aromatic rings. The van der Waals surface area contributed by atoms with Gasteiger partial charge in [0.2, 0.25) is 0 Å². The molecule has 0 aromatic carbocycles. The topological polar surface area (TPSA) is 59.2 Å². The zero-order valence-corrected chi connectivity index (χ0v) is 11.9. The van der Waals surface area contributed by atoms with Crippen molar-refractivity contribution in [1.29, 1.82) is 0 Å². The first kappa shape index (κ1) is 13.5. The molecule has 0 bridgehead atoms. The van der Waals surface area contributed by atoms with Gasteiger partial charge in [-0.05, 0) is 32.2 Å². The summed E-state index contributed by atoms with van der Waals surface area (Å²) in [5.74, 6) is 0.893. The lowest BCUT2D eigenvalue weighted by Gasteiger charge is -2.30. The summed E-state index contributed by atoms with van der Waals surface area (Å²) >= 11 is 1.50. The van der Waals surface area contributed by atoms with Crippen LogP contribution >= 0.6 is 11.3 Å². The van der Waals surface area contributed by atoms with Gasteiger partial charge in [0, 0.05) is 19.5 Å².